The Kier molecular flexibility index (Phi) is 4.31. The topological polar surface area (TPSA) is 58.6 Å². The lowest BCUT2D eigenvalue weighted by Gasteiger charge is -2.09. The first-order valence-electron chi connectivity index (χ1n) is 6.11. The Morgan fingerprint density at radius 3 is 2.53 bits per heavy atom. The molecule has 6 heteroatoms. The zero-order valence-electron chi connectivity index (χ0n) is 10.3. The summed E-state index contributed by atoms with van der Waals surface area (Å²) >= 11 is 0. The van der Waals surface area contributed by atoms with Crippen LogP contribution in [0.3, 0.4) is 0 Å². The summed E-state index contributed by atoms with van der Waals surface area (Å²) in [4.78, 5) is 11.3. The van der Waals surface area contributed by atoms with Gasteiger partial charge in [0.1, 0.15) is 0 Å². The Hall–Kier alpha value is -1.69. The van der Waals surface area contributed by atoms with Gasteiger partial charge in [0.15, 0.2) is 17.4 Å². The van der Waals surface area contributed by atoms with Crippen molar-refractivity contribution in [1.82, 2.24) is 5.32 Å². The standard InChI is InChI=1S/C13H15F2NO3/c14-10-5-8(7-17)6-11(15)13(10)19-4-3-12(18)16-9-1-2-9/h5-6,9,17H,1-4,7H2,(H,16,18). The third kappa shape index (κ3) is 3.89. The lowest BCUT2D eigenvalue weighted by molar-refractivity contribution is -0.121. The minimum atomic E-state index is -0.883. The van der Waals surface area contributed by atoms with Gasteiger partial charge < -0.3 is 15.2 Å². The number of hydrogen-bond acceptors (Lipinski definition) is 3. The van der Waals surface area contributed by atoms with Crippen LogP contribution >= 0.6 is 0 Å². The zero-order chi connectivity index (χ0) is 13.8. The summed E-state index contributed by atoms with van der Waals surface area (Å²) in [6, 6.07) is 2.26. The highest BCUT2D eigenvalue weighted by atomic mass is 19.1. The van der Waals surface area contributed by atoms with E-state index < -0.39 is 24.0 Å². The van der Waals surface area contributed by atoms with Gasteiger partial charge in [0.25, 0.3) is 0 Å². The number of aliphatic hydroxyl groups is 1. The van der Waals surface area contributed by atoms with Crippen LogP contribution in [0.1, 0.15) is 24.8 Å². The van der Waals surface area contributed by atoms with Crippen molar-refractivity contribution in [3.63, 3.8) is 0 Å². The molecule has 0 unspecified atom stereocenters. The molecule has 1 aromatic carbocycles. The Morgan fingerprint density at radius 2 is 2.00 bits per heavy atom. The van der Waals surface area contributed by atoms with E-state index >= 15 is 0 Å². The Bertz CT molecular complexity index is 452. The monoisotopic (exact) mass is 271 g/mol. The number of carbonyl (C=O) groups excluding carboxylic acids is 1. The van der Waals surface area contributed by atoms with Crippen LogP contribution in [0.15, 0.2) is 12.1 Å². The SMILES string of the molecule is O=C(CCOc1c(F)cc(CO)cc1F)NC1CC1. The molecule has 104 valence electrons. The van der Waals surface area contributed by atoms with E-state index in [-0.39, 0.29) is 30.5 Å². The molecule has 19 heavy (non-hydrogen) atoms. The number of aliphatic hydroxyl groups excluding tert-OH is 1. The summed E-state index contributed by atoms with van der Waals surface area (Å²) in [7, 11) is 0. The minimum absolute atomic E-state index is 0.0527. The Balaban J connectivity index is 1.86. The van der Waals surface area contributed by atoms with E-state index in [9.17, 15) is 13.6 Å². The second kappa shape index (κ2) is 5.97. The van der Waals surface area contributed by atoms with Crippen LogP contribution in [0.4, 0.5) is 8.78 Å². The first-order valence-corrected chi connectivity index (χ1v) is 6.11. The second-order valence-corrected chi connectivity index (χ2v) is 4.49. The van der Waals surface area contributed by atoms with Crippen LogP contribution in [0, 0.1) is 11.6 Å². The van der Waals surface area contributed by atoms with Gasteiger partial charge in [0.05, 0.1) is 19.6 Å². The van der Waals surface area contributed by atoms with Crippen LogP contribution in [-0.2, 0) is 11.4 Å². The molecule has 0 radical (unpaired) electrons. The van der Waals surface area contributed by atoms with Crippen LogP contribution in [0.5, 0.6) is 5.75 Å². The molecule has 1 aliphatic carbocycles. The minimum Gasteiger partial charge on any atom is -0.487 e. The van der Waals surface area contributed by atoms with Crippen LogP contribution in [0.2, 0.25) is 0 Å². The maximum absolute atomic E-state index is 13.5. The largest absolute Gasteiger partial charge is 0.487 e. The fourth-order valence-corrected chi connectivity index (χ4v) is 1.61. The lowest BCUT2D eigenvalue weighted by Crippen LogP contribution is -2.26. The zero-order valence-corrected chi connectivity index (χ0v) is 10.3. The number of hydrogen-bond donors (Lipinski definition) is 2. The molecule has 0 aliphatic heterocycles. The average molecular weight is 271 g/mol. The van der Waals surface area contributed by atoms with Crippen LogP contribution < -0.4 is 10.1 Å². The quantitative estimate of drug-likeness (QED) is 0.824. The molecular formula is C13H15F2NO3. The summed E-state index contributed by atoms with van der Waals surface area (Å²) < 4.78 is 31.9. The molecule has 0 saturated heterocycles. The summed E-state index contributed by atoms with van der Waals surface area (Å²) in [5.74, 6) is -2.47. The van der Waals surface area contributed by atoms with Crippen LogP contribution in [0.25, 0.3) is 0 Å². The van der Waals surface area contributed by atoms with Crippen molar-refractivity contribution in [3.05, 3.63) is 29.3 Å². The van der Waals surface area contributed by atoms with Gasteiger partial charge in [-0.1, -0.05) is 0 Å². The highest BCUT2D eigenvalue weighted by molar-refractivity contribution is 5.76. The molecule has 0 atom stereocenters. The van der Waals surface area contributed by atoms with Gasteiger partial charge in [-0.15, -0.1) is 0 Å². The van der Waals surface area contributed by atoms with E-state index in [1.54, 1.807) is 0 Å². The third-order valence-electron chi connectivity index (χ3n) is 2.76. The van der Waals surface area contributed by atoms with Crippen molar-refractivity contribution in [2.45, 2.75) is 31.9 Å². The second-order valence-electron chi connectivity index (χ2n) is 4.49. The third-order valence-corrected chi connectivity index (χ3v) is 2.76. The molecule has 2 rings (SSSR count). The first-order chi connectivity index (χ1) is 9.10. The normalized spacial score (nSPS) is 14.3. The highest BCUT2D eigenvalue weighted by Crippen LogP contribution is 2.23. The number of benzene rings is 1. The molecule has 0 spiro atoms. The van der Waals surface area contributed by atoms with E-state index in [2.05, 4.69) is 5.32 Å². The summed E-state index contributed by atoms with van der Waals surface area (Å²) in [6.07, 6.45) is 2.02. The van der Waals surface area contributed by atoms with E-state index in [1.165, 1.54) is 0 Å². The van der Waals surface area contributed by atoms with Gasteiger partial charge in [-0.3, -0.25) is 4.79 Å². The van der Waals surface area contributed by atoms with Gasteiger partial charge in [-0.2, -0.15) is 0 Å². The molecule has 4 nitrogen and oxygen atoms in total. The predicted octanol–water partition coefficient (Wildman–Crippen LogP) is 1.50. The maximum Gasteiger partial charge on any atom is 0.223 e. The van der Waals surface area contributed by atoms with E-state index in [0.29, 0.717) is 0 Å². The van der Waals surface area contributed by atoms with Gasteiger partial charge >= 0.3 is 0 Å². The van der Waals surface area contributed by atoms with Crippen molar-refractivity contribution in [2.24, 2.45) is 0 Å². The molecule has 1 amide bonds. The smallest absolute Gasteiger partial charge is 0.223 e. The molecule has 0 aromatic heterocycles. The molecule has 0 bridgehead atoms. The Morgan fingerprint density at radius 1 is 1.37 bits per heavy atom. The fourth-order valence-electron chi connectivity index (χ4n) is 1.61. The molecule has 2 N–H and O–H groups in total. The molecule has 1 aliphatic rings. The number of rotatable bonds is 6. The molecule has 1 aromatic rings. The van der Waals surface area contributed by atoms with E-state index in [1.807, 2.05) is 0 Å². The van der Waals surface area contributed by atoms with Crippen LogP contribution in [-0.4, -0.2) is 23.7 Å². The van der Waals surface area contributed by atoms with E-state index in [4.69, 9.17) is 9.84 Å². The van der Waals surface area contributed by atoms with Crippen molar-refractivity contribution >= 4 is 5.91 Å². The molecular weight excluding hydrogens is 256 g/mol. The van der Waals surface area contributed by atoms with Gasteiger partial charge in [-0.25, -0.2) is 8.78 Å². The number of nitrogens with one attached hydrogen (secondary N) is 1. The van der Waals surface area contributed by atoms with Crippen molar-refractivity contribution in [3.8, 4) is 5.75 Å². The first kappa shape index (κ1) is 13.7. The lowest BCUT2D eigenvalue weighted by atomic mass is 10.2. The maximum atomic E-state index is 13.5. The molecule has 1 fully saturated rings. The molecule has 0 heterocycles. The number of amides is 1. The summed E-state index contributed by atoms with van der Waals surface area (Å²) in [5.41, 5.74) is 0.133. The number of halogens is 2. The van der Waals surface area contributed by atoms with Gasteiger partial charge in [-0.05, 0) is 30.5 Å². The van der Waals surface area contributed by atoms with Crippen molar-refractivity contribution in [2.75, 3.05) is 6.61 Å². The van der Waals surface area contributed by atoms with Gasteiger partial charge in [0.2, 0.25) is 5.91 Å². The Labute approximate surface area is 109 Å². The number of ether oxygens (including phenoxy) is 1. The summed E-state index contributed by atoms with van der Waals surface area (Å²) in [5, 5.41) is 11.5. The fraction of sp³-hybridized carbons (Fsp3) is 0.462. The average Bonchev–Trinajstić information content (AvgIpc) is 3.16. The van der Waals surface area contributed by atoms with Crippen molar-refractivity contribution < 1.29 is 23.4 Å². The summed E-state index contributed by atoms with van der Waals surface area (Å²) in [6.45, 7) is -0.539. The van der Waals surface area contributed by atoms with E-state index in [0.717, 1.165) is 25.0 Å². The van der Waals surface area contributed by atoms with Crippen molar-refractivity contribution in [1.29, 1.82) is 0 Å². The highest BCUT2D eigenvalue weighted by Gasteiger charge is 2.23. The molecule has 1 saturated carbocycles. The predicted molar refractivity (Wildman–Crippen MR) is 63.6 cm³/mol. The number of carbonyl (C=O) groups is 1. The van der Waals surface area contributed by atoms with Gasteiger partial charge in [0, 0.05) is 6.04 Å².